The zero-order valence-electron chi connectivity index (χ0n) is 12.3. The quantitative estimate of drug-likeness (QED) is 0.599. The van der Waals surface area contributed by atoms with Crippen LogP contribution in [0.1, 0.15) is 26.7 Å². The van der Waals surface area contributed by atoms with Crippen molar-refractivity contribution in [3.05, 3.63) is 52.0 Å². The van der Waals surface area contributed by atoms with E-state index in [2.05, 4.69) is 16.8 Å². The van der Waals surface area contributed by atoms with E-state index in [-0.39, 0.29) is 0 Å². The Kier molecular flexibility index (Phi) is 6.26. The number of carbonyl (C=O) groups excluding carboxylic acids is 1. The molecular formula is C17H17FN2OS. The zero-order valence-corrected chi connectivity index (χ0v) is 13.1. The highest BCUT2D eigenvalue weighted by molar-refractivity contribution is 7.13. The van der Waals surface area contributed by atoms with Crippen molar-refractivity contribution in [3.8, 4) is 11.8 Å². The maximum Gasteiger partial charge on any atom is 0.167 e. The van der Waals surface area contributed by atoms with E-state index in [1.807, 2.05) is 42.3 Å². The highest BCUT2D eigenvalue weighted by atomic mass is 32.1. The standard InChI is InChI=1S/C12H7NOS.C5H10FN/c14-9-11-8-13-12(15-11)7-6-10-4-2-1-3-5-10;1-7-3-2-5(6)4-7/h1-5,8-9H;5H,2-4H2,1H3. The average molecular weight is 316 g/mol. The predicted molar refractivity (Wildman–Crippen MR) is 86.9 cm³/mol. The number of carbonyl (C=O) groups is 1. The predicted octanol–water partition coefficient (Wildman–Crippen LogP) is 3.02. The topological polar surface area (TPSA) is 33.2 Å². The van der Waals surface area contributed by atoms with E-state index in [9.17, 15) is 9.18 Å². The van der Waals surface area contributed by atoms with Crippen molar-refractivity contribution in [2.75, 3.05) is 20.1 Å². The minimum atomic E-state index is -0.551. The van der Waals surface area contributed by atoms with E-state index in [4.69, 9.17) is 0 Å². The van der Waals surface area contributed by atoms with Crippen LogP contribution in [0.4, 0.5) is 4.39 Å². The molecule has 2 aromatic rings. The molecule has 0 aliphatic carbocycles. The van der Waals surface area contributed by atoms with Crippen LogP contribution in [0.25, 0.3) is 0 Å². The number of nitrogens with zero attached hydrogens (tertiary/aromatic N) is 2. The molecule has 1 unspecified atom stereocenters. The Morgan fingerprint density at radius 2 is 2.14 bits per heavy atom. The van der Waals surface area contributed by atoms with Gasteiger partial charge in [0.15, 0.2) is 11.3 Å². The summed E-state index contributed by atoms with van der Waals surface area (Å²) >= 11 is 1.30. The Morgan fingerprint density at radius 3 is 2.64 bits per heavy atom. The summed E-state index contributed by atoms with van der Waals surface area (Å²) in [4.78, 5) is 17.0. The molecule has 0 radical (unpaired) electrons. The van der Waals surface area contributed by atoms with Crippen LogP contribution in [0, 0.1) is 11.8 Å². The van der Waals surface area contributed by atoms with E-state index in [1.54, 1.807) is 0 Å². The molecule has 1 aromatic heterocycles. The van der Waals surface area contributed by atoms with Crippen LogP contribution in [-0.4, -0.2) is 42.5 Å². The molecule has 3 nitrogen and oxygen atoms in total. The Bertz CT molecular complexity index is 652. The van der Waals surface area contributed by atoms with Gasteiger partial charge in [-0.05, 0) is 31.5 Å². The van der Waals surface area contributed by atoms with Crippen LogP contribution in [0.2, 0.25) is 0 Å². The number of aldehydes is 1. The minimum absolute atomic E-state index is 0.551. The van der Waals surface area contributed by atoms with Gasteiger partial charge in [0.05, 0.1) is 4.88 Å². The van der Waals surface area contributed by atoms with Crippen LogP contribution < -0.4 is 0 Å². The highest BCUT2D eigenvalue weighted by Crippen LogP contribution is 2.09. The van der Waals surface area contributed by atoms with Gasteiger partial charge >= 0.3 is 0 Å². The second-order valence-electron chi connectivity index (χ2n) is 4.95. The van der Waals surface area contributed by atoms with Gasteiger partial charge in [0, 0.05) is 24.8 Å². The largest absolute Gasteiger partial charge is 0.303 e. The molecule has 2 heterocycles. The number of benzene rings is 1. The van der Waals surface area contributed by atoms with Gasteiger partial charge in [0.2, 0.25) is 0 Å². The molecule has 0 saturated carbocycles. The third-order valence-corrected chi connectivity index (χ3v) is 3.90. The fraction of sp³-hybridized carbons (Fsp3) is 0.294. The Morgan fingerprint density at radius 1 is 1.36 bits per heavy atom. The first-order valence-corrected chi connectivity index (χ1v) is 7.79. The Labute approximate surface area is 133 Å². The highest BCUT2D eigenvalue weighted by Gasteiger charge is 2.17. The summed E-state index contributed by atoms with van der Waals surface area (Å²) in [5.41, 5.74) is 0.945. The maximum absolute atomic E-state index is 12.1. The van der Waals surface area contributed by atoms with E-state index >= 15 is 0 Å². The number of alkyl halides is 1. The smallest absolute Gasteiger partial charge is 0.167 e. The van der Waals surface area contributed by atoms with Crippen LogP contribution in [0.5, 0.6) is 0 Å². The molecule has 3 rings (SSSR count). The molecule has 22 heavy (non-hydrogen) atoms. The van der Waals surface area contributed by atoms with E-state index < -0.39 is 6.17 Å². The lowest BCUT2D eigenvalue weighted by Gasteiger charge is -2.01. The second-order valence-corrected chi connectivity index (χ2v) is 6.01. The molecule has 5 heteroatoms. The molecule has 0 amide bonds. The van der Waals surface area contributed by atoms with Gasteiger partial charge in [0.1, 0.15) is 6.17 Å². The first kappa shape index (κ1) is 16.3. The molecule has 1 aliphatic rings. The Balaban J connectivity index is 0.000000211. The second kappa shape index (κ2) is 8.42. The third-order valence-electron chi connectivity index (χ3n) is 3.06. The lowest BCUT2D eigenvalue weighted by molar-refractivity contribution is 0.112. The molecule has 1 saturated heterocycles. The summed E-state index contributed by atoms with van der Waals surface area (Å²) in [6.45, 7) is 1.57. The van der Waals surface area contributed by atoms with Crippen LogP contribution in [0.3, 0.4) is 0 Å². The molecule has 1 fully saturated rings. The summed E-state index contributed by atoms with van der Waals surface area (Å²) < 4.78 is 12.1. The van der Waals surface area contributed by atoms with Crippen molar-refractivity contribution >= 4 is 17.6 Å². The first-order chi connectivity index (χ1) is 10.7. The fourth-order valence-corrected chi connectivity index (χ4v) is 2.51. The average Bonchev–Trinajstić information content (AvgIpc) is 3.15. The molecule has 114 valence electrons. The van der Waals surface area contributed by atoms with Crippen molar-refractivity contribution in [2.24, 2.45) is 0 Å². The summed E-state index contributed by atoms with van der Waals surface area (Å²) in [6, 6.07) is 9.67. The number of thiazole rings is 1. The first-order valence-electron chi connectivity index (χ1n) is 6.98. The number of halogens is 1. The summed E-state index contributed by atoms with van der Waals surface area (Å²) in [5, 5.41) is 0.668. The van der Waals surface area contributed by atoms with Gasteiger partial charge in [-0.15, -0.1) is 11.3 Å². The number of hydrogen-bond donors (Lipinski definition) is 0. The third kappa shape index (κ3) is 5.40. The molecule has 0 spiro atoms. The minimum Gasteiger partial charge on any atom is -0.303 e. The van der Waals surface area contributed by atoms with Crippen molar-refractivity contribution < 1.29 is 9.18 Å². The van der Waals surface area contributed by atoms with Crippen molar-refractivity contribution in [1.82, 2.24) is 9.88 Å². The van der Waals surface area contributed by atoms with Gasteiger partial charge in [-0.25, -0.2) is 9.37 Å². The maximum atomic E-state index is 12.1. The molecule has 1 atom stereocenters. The molecule has 1 aliphatic heterocycles. The van der Waals surface area contributed by atoms with Crippen LogP contribution in [-0.2, 0) is 0 Å². The van der Waals surface area contributed by atoms with E-state index in [0.29, 0.717) is 16.4 Å². The summed E-state index contributed by atoms with van der Waals surface area (Å²) in [6.07, 6.45) is 2.50. The van der Waals surface area contributed by atoms with Gasteiger partial charge < -0.3 is 4.90 Å². The Hall–Kier alpha value is -2.03. The van der Waals surface area contributed by atoms with E-state index in [1.165, 1.54) is 17.5 Å². The van der Waals surface area contributed by atoms with Crippen LogP contribution >= 0.6 is 11.3 Å². The molecule has 1 aromatic carbocycles. The van der Waals surface area contributed by atoms with Crippen molar-refractivity contribution in [3.63, 3.8) is 0 Å². The zero-order chi connectivity index (χ0) is 15.8. The van der Waals surface area contributed by atoms with Gasteiger partial charge in [0.25, 0.3) is 0 Å². The number of hydrogen-bond acceptors (Lipinski definition) is 4. The van der Waals surface area contributed by atoms with Crippen LogP contribution in [0.15, 0.2) is 36.5 Å². The van der Waals surface area contributed by atoms with Gasteiger partial charge in [-0.3, -0.25) is 4.79 Å². The SMILES string of the molecule is CN1CCC(F)C1.O=Cc1cnc(C#Cc2ccccc2)s1. The van der Waals surface area contributed by atoms with Crippen molar-refractivity contribution in [2.45, 2.75) is 12.6 Å². The number of likely N-dealkylation sites (tertiary alicyclic amines) is 1. The molecule has 0 N–H and O–H groups in total. The van der Waals surface area contributed by atoms with Crippen molar-refractivity contribution in [1.29, 1.82) is 0 Å². The summed E-state index contributed by atoms with van der Waals surface area (Å²) in [7, 11) is 1.94. The molecule has 0 bridgehead atoms. The van der Waals surface area contributed by atoms with Gasteiger partial charge in [-0.2, -0.15) is 0 Å². The monoisotopic (exact) mass is 316 g/mol. The fourth-order valence-electron chi connectivity index (χ4n) is 1.93. The molecular weight excluding hydrogens is 299 g/mol. The number of rotatable bonds is 1. The number of aromatic nitrogens is 1. The van der Waals surface area contributed by atoms with Gasteiger partial charge in [-0.1, -0.05) is 24.1 Å². The lowest BCUT2D eigenvalue weighted by atomic mass is 10.2. The normalized spacial score (nSPS) is 17.1. The van der Waals surface area contributed by atoms with E-state index in [0.717, 1.165) is 24.8 Å². The lowest BCUT2D eigenvalue weighted by Crippen LogP contribution is -2.13. The summed E-state index contributed by atoms with van der Waals surface area (Å²) in [5.74, 6) is 5.89.